The maximum absolute atomic E-state index is 12.2. The van der Waals surface area contributed by atoms with E-state index in [1.54, 1.807) is 24.3 Å². The molecule has 0 radical (unpaired) electrons. The van der Waals surface area contributed by atoms with Crippen LogP contribution < -0.4 is 5.32 Å². The van der Waals surface area contributed by atoms with Crippen molar-refractivity contribution in [1.29, 1.82) is 0 Å². The van der Waals surface area contributed by atoms with E-state index in [1.165, 1.54) is 24.3 Å². The Bertz CT molecular complexity index is 979. The van der Waals surface area contributed by atoms with Crippen molar-refractivity contribution in [2.45, 2.75) is 25.5 Å². The fourth-order valence-corrected chi connectivity index (χ4v) is 3.33. The van der Waals surface area contributed by atoms with Gasteiger partial charge in [-0.1, -0.05) is 19.1 Å². The van der Waals surface area contributed by atoms with E-state index in [9.17, 15) is 22.8 Å². The van der Waals surface area contributed by atoms with Gasteiger partial charge in [0.1, 0.15) is 0 Å². The molecule has 0 aliphatic heterocycles. The Balaban J connectivity index is 1.89. The number of ketones is 1. The van der Waals surface area contributed by atoms with E-state index >= 15 is 0 Å². The number of rotatable bonds is 9. The largest absolute Gasteiger partial charge is 0.454 e. The standard InChI is InChI=1S/C21H23NO6S/c1-3-4-20(24)22-18-11-9-16(10-12-18)19(23)13-28-21(25)17-7-5-15(6-8-17)14-29(2,26)27/h5-12H,3-4,13-14H2,1-2H3,(H,22,24). The van der Waals surface area contributed by atoms with Crippen LogP contribution in [0, 0.1) is 0 Å². The number of benzene rings is 2. The summed E-state index contributed by atoms with van der Waals surface area (Å²) in [5.74, 6) is -1.26. The Morgan fingerprint density at radius 3 is 2.07 bits per heavy atom. The van der Waals surface area contributed by atoms with Crippen molar-refractivity contribution in [2.75, 3.05) is 18.2 Å². The highest BCUT2D eigenvalue weighted by Gasteiger charge is 2.13. The average molecular weight is 417 g/mol. The summed E-state index contributed by atoms with van der Waals surface area (Å²) in [4.78, 5) is 35.8. The van der Waals surface area contributed by atoms with Gasteiger partial charge in [-0.3, -0.25) is 9.59 Å². The summed E-state index contributed by atoms with van der Waals surface area (Å²) in [6.07, 6.45) is 2.30. The van der Waals surface area contributed by atoms with E-state index in [4.69, 9.17) is 4.74 Å². The third kappa shape index (κ3) is 7.50. The number of Topliss-reactive ketones (excluding diaryl/α,β-unsaturated/α-hetero) is 1. The van der Waals surface area contributed by atoms with Crippen LogP contribution in [0.1, 0.15) is 46.0 Å². The number of sulfone groups is 1. The summed E-state index contributed by atoms with van der Waals surface area (Å²) < 4.78 is 27.6. The fraction of sp³-hybridized carbons (Fsp3) is 0.286. The molecule has 2 aromatic rings. The van der Waals surface area contributed by atoms with Gasteiger partial charge in [0.25, 0.3) is 0 Å². The normalized spacial score (nSPS) is 11.0. The first kappa shape index (κ1) is 22.3. The zero-order valence-corrected chi connectivity index (χ0v) is 17.1. The van der Waals surface area contributed by atoms with E-state index < -0.39 is 22.4 Å². The molecule has 0 saturated carbocycles. The first-order valence-corrected chi connectivity index (χ1v) is 11.1. The van der Waals surface area contributed by atoms with Gasteiger partial charge in [-0.05, 0) is 48.4 Å². The van der Waals surface area contributed by atoms with Gasteiger partial charge in [-0.15, -0.1) is 0 Å². The van der Waals surface area contributed by atoms with Gasteiger partial charge >= 0.3 is 5.97 Å². The van der Waals surface area contributed by atoms with Crippen LogP contribution in [0.2, 0.25) is 0 Å². The molecular formula is C21H23NO6S. The second kappa shape index (κ2) is 9.97. The Labute approximate surface area is 170 Å². The molecule has 0 fully saturated rings. The highest BCUT2D eigenvalue weighted by Crippen LogP contribution is 2.12. The van der Waals surface area contributed by atoms with Crippen LogP contribution in [-0.4, -0.2) is 38.9 Å². The van der Waals surface area contributed by atoms with Crippen molar-refractivity contribution < 1.29 is 27.5 Å². The molecule has 0 aromatic heterocycles. The van der Waals surface area contributed by atoms with Gasteiger partial charge < -0.3 is 10.1 Å². The van der Waals surface area contributed by atoms with Gasteiger partial charge in [-0.2, -0.15) is 0 Å². The van der Waals surface area contributed by atoms with E-state index in [-0.39, 0.29) is 23.0 Å². The number of amides is 1. The highest BCUT2D eigenvalue weighted by atomic mass is 32.2. The molecule has 0 atom stereocenters. The zero-order chi connectivity index (χ0) is 21.4. The first-order valence-electron chi connectivity index (χ1n) is 9.05. The van der Waals surface area contributed by atoms with E-state index in [0.29, 0.717) is 23.2 Å². The summed E-state index contributed by atoms with van der Waals surface area (Å²) in [5.41, 5.74) is 1.73. The predicted molar refractivity (Wildman–Crippen MR) is 110 cm³/mol. The fourth-order valence-electron chi connectivity index (χ4n) is 2.53. The van der Waals surface area contributed by atoms with Crippen LogP contribution in [0.3, 0.4) is 0 Å². The van der Waals surface area contributed by atoms with Crippen LogP contribution in [0.5, 0.6) is 0 Å². The summed E-state index contributed by atoms with van der Waals surface area (Å²) in [6.45, 7) is 1.48. The lowest BCUT2D eigenvalue weighted by atomic mass is 10.1. The molecule has 0 bridgehead atoms. The molecule has 2 rings (SSSR count). The van der Waals surface area contributed by atoms with Gasteiger partial charge in [0.2, 0.25) is 5.91 Å². The molecule has 0 aliphatic carbocycles. The smallest absolute Gasteiger partial charge is 0.338 e. The maximum atomic E-state index is 12.2. The second-order valence-corrected chi connectivity index (χ2v) is 8.78. The van der Waals surface area contributed by atoms with Crippen molar-refractivity contribution >= 4 is 33.2 Å². The number of carbonyl (C=O) groups excluding carboxylic acids is 3. The van der Waals surface area contributed by atoms with E-state index in [0.717, 1.165) is 12.7 Å². The van der Waals surface area contributed by atoms with Crippen molar-refractivity contribution in [1.82, 2.24) is 0 Å². The summed E-state index contributed by atoms with van der Waals surface area (Å²) in [5, 5.41) is 2.73. The van der Waals surface area contributed by atoms with Crippen molar-refractivity contribution in [3.8, 4) is 0 Å². The SMILES string of the molecule is CCCC(=O)Nc1ccc(C(=O)COC(=O)c2ccc(CS(C)(=O)=O)cc2)cc1. The number of nitrogens with one attached hydrogen (secondary N) is 1. The highest BCUT2D eigenvalue weighted by molar-refractivity contribution is 7.89. The minimum Gasteiger partial charge on any atom is -0.454 e. The minimum absolute atomic E-state index is 0.0944. The van der Waals surface area contributed by atoms with Gasteiger partial charge in [0.15, 0.2) is 22.2 Å². The Morgan fingerprint density at radius 2 is 1.52 bits per heavy atom. The van der Waals surface area contributed by atoms with Gasteiger partial charge in [0, 0.05) is 23.9 Å². The summed E-state index contributed by atoms with van der Waals surface area (Å²) in [7, 11) is -3.16. The topological polar surface area (TPSA) is 107 Å². The monoisotopic (exact) mass is 417 g/mol. The van der Waals surface area contributed by atoms with Crippen molar-refractivity contribution in [2.24, 2.45) is 0 Å². The second-order valence-electron chi connectivity index (χ2n) is 6.64. The van der Waals surface area contributed by atoms with Crippen LogP contribution in [0.15, 0.2) is 48.5 Å². The first-order chi connectivity index (χ1) is 13.7. The quantitative estimate of drug-likeness (QED) is 0.496. The predicted octanol–water partition coefficient (Wildman–Crippen LogP) is 3.01. The molecule has 0 spiro atoms. The molecule has 2 aromatic carbocycles. The van der Waals surface area contributed by atoms with Gasteiger partial charge in [-0.25, -0.2) is 13.2 Å². The van der Waals surface area contributed by atoms with Crippen LogP contribution in [-0.2, 0) is 25.1 Å². The minimum atomic E-state index is -3.16. The third-order valence-electron chi connectivity index (χ3n) is 3.92. The molecule has 0 heterocycles. The van der Waals surface area contributed by atoms with E-state index in [1.807, 2.05) is 6.92 Å². The number of esters is 1. The number of carbonyl (C=O) groups is 3. The van der Waals surface area contributed by atoms with Crippen molar-refractivity contribution in [3.05, 3.63) is 65.2 Å². The third-order valence-corrected chi connectivity index (χ3v) is 4.78. The molecule has 1 N–H and O–H groups in total. The molecule has 0 aliphatic rings. The number of anilines is 1. The zero-order valence-electron chi connectivity index (χ0n) is 16.3. The molecule has 29 heavy (non-hydrogen) atoms. The Hall–Kier alpha value is -3.00. The number of hydrogen-bond acceptors (Lipinski definition) is 6. The molecule has 154 valence electrons. The Kier molecular flexibility index (Phi) is 7.67. The Morgan fingerprint density at radius 1 is 0.931 bits per heavy atom. The molecule has 0 unspecified atom stereocenters. The summed E-state index contributed by atoms with van der Waals surface area (Å²) in [6, 6.07) is 12.3. The molecule has 1 amide bonds. The average Bonchev–Trinajstić information content (AvgIpc) is 2.66. The molecular weight excluding hydrogens is 394 g/mol. The molecule has 7 nitrogen and oxygen atoms in total. The van der Waals surface area contributed by atoms with Crippen LogP contribution in [0.4, 0.5) is 5.69 Å². The number of hydrogen-bond donors (Lipinski definition) is 1. The molecule has 0 saturated heterocycles. The maximum Gasteiger partial charge on any atom is 0.338 e. The lowest BCUT2D eigenvalue weighted by molar-refractivity contribution is -0.116. The van der Waals surface area contributed by atoms with Gasteiger partial charge in [0.05, 0.1) is 11.3 Å². The van der Waals surface area contributed by atoms with Crippen LogP contribution >= 0.6 is 0 Å². The number of ether oxygens (including phenoxy) is 1. The summed E-state index contributed by atoms with van der Waals surface area (Å²) >= 11 is 0. The lowest BCUT2D eigenvalue weighted by Gasteiger charge is -2.07. The van der Waals surface area contributed by atoms with E-state index in [2.05, 4.69) is 5.32 Å². The molecule has 8 heteroatoms. The van der Waals surface area contributed by atoms with Crippen LogP contribution in [0.25, 0.3) is 0 Å². The van der Waals surface area contributed by atoms with Crippen molar-refractivity contribution in [3.63, 3.8) is 0 Å². The lowest BCUT2D eigenvalue weighted by Crippen LogP contribution is -2.15.